The Balaban J connectivity index is 2.12. The predicted octanol–water partition coefficient (Wildman–Crippen LogP) is 2.17. The van der Waals surface area contributed by atoms with Crippen LogP contribution < -0.4 is 4.90 Å². The number of nitrogens with zero attached hydrogens (tertiary/aromatic N) is 3. The zero-order valence-electron chi connectivity index (χ0n) is 10.5. The third-order valence-electron chi connectivity index (χ3n) is 3.38. The number of aromatic carboxylic acids is 1. The van der Waals surface area contributed by atoms with Gasteiger partial charge in [0.25, 0.3) is 0 Å². The largest absolute Gasteiger partial charge is 0.477 e. The molecular weight excluding hydrogens is 242 g/mol. The fraction of sp³-hybridized carbons (Fsp3) is 0.286. The average Bonchev–Trinajstić information content (AvgIpc) is 3.08. The molecule has 1 N–H and O–H groups in total. The van der Waals surface area contributed by atoms with Crippen LogP contribution >= 0.6 is 0 Å². The topological polar surface area (TPSA) is 58.4 Å². The van der Waals surface area contributed by atoms with Gasteiger partial charge in [0, 0.05) is 13.1 Å². The summed E-state index contributed by atoms with van der Waals surface area (Å²) < 4.78 is 1.72. The van der Waals surface area contributed by atoms with E-state index in [2.05, 4.69) is 10.00 Å². The highest BCUT2D eigenvalue weighted by Crippen LogP contribution is 2.27. The fourth-order valence-electron chi connectivity index (χ4n) is 2.48. The first kappa shape index (κ1) is 11.8. The number of aromatic nitrogens is 2. The van der Waals surface area contributed by atoms with E-state index in [1.165, 1.54) is 6.20 Å². The molecule has 3 rings (SSSR count). The molecule has 1 aromatic carbocycles. The van der Waals surface area contributed by atoms with Crippen LogP contribution in [0.1, 0.15) is 23.2 Å². The van der Waals surface area contributed by atoms with Crippen LogP contribution in [0.2, 0.25) is 0 Å². The molecule has 0 bridgehead atoms. The SMILES string of the molecule is O=C(O)c1cnn(-c2ccccc2)c1N1CCCC1. The molecule has 1 saturated heterocycles. The van der Waals surface area contributed by atoms with Gasteiger partial charge in [-0.05, 0) is 25.0 Å². The molecule has 0 amide bonds. The lowest BCUT2D eigenvalue weighted by Crippen LogP contribution is -2.23. The molecule has 0 atom stereocenters. The van der Waals surface area contributed by atoms with Gasteiger partial charge in [-0.2, -0.15) is 5.10 Å². The van der Waals surface area contributed by atoms with Gasteiger partial charge < -0.3 is 10.0 Å². The smallest absolute Gasteiger partial charge is 0.341 e. The average molecular weight is 257 g/mol. The monoisotopic (exact) mass is 257 g/mol. The van der Waals surface area contributed by atoms with E-state index in [9.17, 15) is 9.90 Å². The molecule has 1 aliphatic rings. The van der Waals surface area contributed by atoms with Gasteiger partial charge in [-0.3, -0.25) is 0 Å². The molecule has 0 radical (unpaired) electrons. The van der Waals surface area contributed by atoms with Crippen molar-refractivity contribution in [3.63, 3.8) is 0 Å². The van der Waals surface area contributed by atoms with Crippen molar-refractivity contribution in [2.24, 2.45) is 0 Å². The maximum atomic E-state index is 11.3. The Morgan fingerprint density at radius 1 is 1.16 bits per heavy atom. The molecule has 1 aromatic heterocycles. The molecule has 0 aliphatic carbocycles. The van der Waals surface area contributed by atoms with Crippen molar-refractivity contribution < 1.29 is 9.90 Å². The molecule has 1 fully saturated rings. The number of hydrogen-bond donors (Lipinski definition) is 1. The van der Waals surface area contributed by atoms with E-state index >= 15 is 0 Å². The number of anilines is 1. The normalized spacial score (nSPS) is 14.8. The second-order valence-corrected chi connectivity index (χ2v) is 4.63. The Hall–Kier alpha value is -2.30. The zero-order valence-corrected chi connectivity index (χ0v) is 10.5. The summed E-state index contributed by atoms with van der Waals surface area (Å²) in [5.41, 5.74) is 1.16. The highest BCUT2D eigenvalue weighted by atomic mass is 16.4. The number of carboxylic acid groups (broad SMARTS) is 1. The summed E-state index contributed by atoms with van der Waals surface area (Å²) in [5.74, 6) is -0.236. The van der Waals surface area contributed by atoms with Crippen LogP contribution in [-0.4, -0.2) is 33.9 Å². The summed E-state index contributed by atoms with van der Waals surface area (Å²) in [5, 5.41) is 13.6. The summed E-state index contributed by atoms with van der Waals surface area (Å²) >= 11 is 0. The Morgan fingerprint density at radius 2 is 1.84 bits per heavy atom. The van der Waals surface area contributed by atoms with E-state index in [1.807, 2.05) is 30.3 Å². The molecule has 2 aromatic rings. The first-order valence-electron chi connectivity index (χ1n) is 6.39. The van der Waals surface area contributed by atoms with E-state index in [0.717, 1.165) is 31.6 Å². The van der Waals surface area contributed by atoms with Gasteiger partial charge in [-0.25, -0.2) is 9.48 Å². The van der Waals surface area contributed by atoms with Gasteiger partial charge in [0.05, 0.1) is 11.9 Å². The van der Waals surface area contributed by atoms with Crippen molar-refractivity contribution in [2.75, 3.05) is 18.0 Å². The molecule has 5 nitrogen and oxygen atoms in total. The lowest BCUT2D eigenvalue weighted by molar-refractivity contribution is 0.0697. The van der Waals surface area contributed by atoms with E-state index in [-0.39, 0.29) is 5.56 Å². The maximum Gasteiger partial charge on any atom is 0.341 e. The van der Waals surface area contributed by atoms with Gasteiger partial charge in [0.2, 0.25) is 0 Å². The van der Waals surface area contributed by atoms with Gasteiger partial charge in [0.1, 0.15) is 11.4 Å². The van der Waals surface area contributed by atoms with E-state index < -0.39 is 5.97 Å². The van der Waals surface area contributed by atoms with Crippen LogP contribution in [0.25, 0.3) is 5.69 Å². The highest BCUT2D eigenvalue weighted by molar-refractivity contribution is 5.93. The summed E-state index contributed by atoms with van der Waals surface area (Å²) in [4.78, 5) is 13.4. The van der Waals surface area contributed by atoms with Gasteiger partial charge in [0.15, 0.2) is 0 Å². The summed E-state index contributed by atoms with van der Waals surface area (Å²) in [7, 11) is 0. The number of rotatable bonds is 3. The number of hydrogen-bond acceptors (Lipinski definition) is 3. The van der Waals surface area contributed by atoms with Gasteiger partial charge in [-0.15, -0.1) is 0 Å². The molecule has 19 heavy (non-hydrogen) atoms. The van der Waals surface area contributed by atoms with Gasteiger partial charge >= 0.3 is 5.97 Å². The molecule has 98 valence electrons. The second kappa shape index (κ2) is 4.76. The third kappa shape index (κ3) is 2.07. The van der Waals surface area contributed by atoms with Crippen molar-refractivity contribution in [1.82, 2.24) is 9.78 Å². The minimum atomic E-state index is -0.927. The second-order valence-electron chi connectivity index (χ2n) is 4.63. The standard InChI is InChI=1S/C14H15N3O2/c18-14(19)12-10-15-17(11-6-2-1-3-7-11)13(12)16-8-4-5-9-16/h1-3,6-7,10H,4-5,8-9H2,(H,18,19). The number of carbonyl (C=O) groups is 1. The lowest BCUT2D eigenvalue weighted by Gasteiger charge is -2.20. The molecule has 2 heterocycles. The van der Waals surface area contributed by atoms with Crippen LogP contribution in [0, 0.1) is 0 Å². The van der Waals surface area contributed by atoms with E-state index in [4.69, 9.17) is 0 Å². The van der Waals surface area contributed by atoms with Crippen molar-refractivity contribution in [2.45, 2.75) is 12.8 Å². The zero-order chi connectivity index (χ0) is 13.2. The maximum absolute atomic E-state index is 11.3. The first-order chi connectivity index (χ1) is 9.27. The molecule has 5 heteroatoms. The number of carboxylic acids is 1. The summed E-state index contributed by atoms with van der Waals surface area (Å²) in [6, 6.07) is 9.63. The minimum Gasteiger partial charge on any atom is -0.477 e. The predicted molar refractivity (Wildman–Crippen MR) is 72.0 cm³/mol. The van der Waals surface area contributed by atoms with E-state index in [0.29, 0.717) is 5.82 Å². The van der Waals surface area contributed by atoms with Crippen LogP contribution in [0.3, 0.4) is 0 Å². The molecule has 0 unspecified atom stereocenters. The Kier molecular flexibility index (Phi) is 2.95. The molecular formula is C14H15N3O2. The summed E-state index contributed by atoms with van der Waals surface area (Å²) in [6.45, 7) is 1.78. The van der Waals surface area contributed by atoms with E-state index in [1.54, 1.807) is 4.68 Å². The van der Waals surface area contributed by atoms with Crippen LogP contribution in [0.4, 0.5) is 5.82 Å². The van der Waals surface area contributed by atoms with Crippen LogP contribution in [0.5, 0.6) is 0 Å². The van der Waals surface area contributed by atoms with Crippen molar-refractivity contribution in [1.29, 1.82) is 0 Å². The molecule has 0 saturated carbocycles. The Bertz CT molecular complexity index is 586. The van der Waals surface area contributed by atoms with Gasteiger partial charge in [-0.1, -0.05) is 18.2 Å². The Labute approximate surface area is 111 Å². The lowest BCUT2D eigenvalue weighted by atomic mass is 10.3. The highest BCUT2D eigenvalue weighted by Gasteiger charge is 2.24. The minimum absolute atomic E-state index is 0.269. The van der Waals surface area contributed by atoms with Crippen molar-refractivity contribution >= 4 is 11.8 Å². The Morgan fingerprint density at radius 3 is 2.47 bits per heavy atom. The molecule has 1 aliphatic heterocycles. The summed E-state index contributed by atoms with van der Waals surface area (Å²) in [6.07, 6.45) is 3.63. The van der Waals surface area contributed by atoms with Crippen LogP contribution in [0.15, 0.2) is 36.5 Å². The first-order valence-corrected chi connectivity index (χ1v) is 6.39. The fourth-order valence-corrected chi connectivity index (χ4v) is 2.48. The molecule has 0 spiro atoms. The third-order valence-corrected chi connectivity index (χ3v) is 3.38. The van der Waals surface area contributed by atoms with Crippen molar-refractivity contribution in [3.05, 3.63) is 42.1 Å². The number of para-hydroxylation sites is 1. The number of benzene rings is 1. The van der Waals surface area contributed by atoms with Crippen molar-refractivity contribution in [3.8, 4) is 5.69 Å². The quantitative estimate of drug-likeness (QED) is 0.915. The van der Waals surface area contributed by atoms with Crippen LogP contribution in [-0.2, 0) is 0 Å².